The molecule has 3 aromatic carbocycles. The summed E-state index contributed by atoms with van der Waals surface area (Å²) in [4.78, 5) is 18.2. The molecule has 7 heteroatoms. The van der Waals surface area contributed by atoms with E-state index in [1.54, 1.807) is 54.6 Å². The predicted molar refractivity (Wildman–Crippen MR) is 116 cm³/mol. The second-order valence-electron chi connectivity index (χ2n) is 6.67. The van der Waals surface area contributed by atoms with E-state index in [1.165, 1.54) is 18.2 Å². The van der Waals surface area contributed by atoms with Crippen LogP contribution in [0.25, 0.3) is 21.7 Å². The molecule has 4 aromatic rings. The molecular formula is C23H16FNO3S2. The van der Waals surface area contributed by atoms with Crippen molar-refractivity contribution in [3.05, 3.63) is 95.3 Å². The smallest absolute Gasteiger partial charge is 0.221 e. The van der Waals surface area contributed by atoms with Gasteiger partial charge in [-0.1, -0.05) is 60.7 Å². The van der Waals surface area contributed by atoms with Gasteiger partial charge < -0.3 is 0 Å². The number of aromatic nitrogens is 1. The Balaban J connectivity index is 1.95. The Morgan fingerprint density at radius 1 is 0.900 bits per heavy atom. The molecule has 1 aromatic heterocycles. The van der Waals surface area contributed by atoms with Crippen LogP contribution in [-0.4, -0.2) is 25.4 Å². The van der Waals surface area contributed by atoms with Crippen LogP contribution < -0.4 is 0 Å². The first-order valence-corrected chi connectivity index (χ1v) is 11.7. The van der Waals surface area contributed by atoms with E-state index < -0.39 is 9.84 Å². The van der Waals surface area contributed by atoms with Crippen molar-refractivity contribution in [1.82, 2.24) is 4.98 Å². The maximum atomic E-state index is 13.5. The van der Waals surface area contributed by atoms with E-state index >= 15 is 0 Å². The lowest BCUT2D eigenvalue weighted by atomic mass is 10.1. The molecule has 0 aliphatic carbocycles. The van der Waals surface area contributed by atoms with Crippen molar-refractivity contribution < 1.29 is 17.6 Å². The van der Waals surface area contributed by atoms with E-state index in [2.05, 4.69) is 4.98 Å². The molecule has 0 fully saturated rings. The molecule has 0 spiro atoms. The maximum absolute atomic E-state index is 13.5. The molecule has 30 heavy (non-hydrogen) atoms. The fraction of sp³-hybridized carbons (Fsp3) is 0.0435. The number of carbonyl (C=O) groups excluding carboxylic acids is 1. The van der Waals surface area contributed by atoms with Crippen molar-refractivity contribution in [3.8, 4) is 21.7 Å². The molecule has 0 unspecified atom stereocenters. The standard InChI is InChI=1S/C23H16FNO3S2/c1-30(27,28)19-10-6-5-9-18(19)20-22(16-11-13-17(24)14-12-16)29-23(25-20)21(26)15-7-3-2-4-8-15/h2-14H,1H3. The highest BCUT2D eigenvalue weighted by atomic mass is 32.2. The highest BCUT2D eigenvalue weighted by molar-refractivity contribution is 7.90. The van der Waals surface area contributed by atoms with Crippen LogP contribution in [0.2, 0.25) is 0 Å². The Labute approximate surface area is 177 Å². The van der Waals surface area contributed by atoms with Gasteiger partial charge >= 0.3 is 0 Å². The van der Waals surface area contributed by atoms with E-state index in [4.69, 9.17) is 0 Å². The molecule has 0 aliphatic rings. The van der Waals surface area contributed by atoms with E-state index in [1.807, 2.05) is 6.07 Å². The van der Waals surface area contributed by atoms with Crippen molar-refractivity contribution in [2.75, 3.05) is 6.26 Å². The number of sulfone groups is 1. The molecule has 0 amide bonds. The van der Waals surface area contributed by atoms with Crippen molar-refractivity contribution >= 4 is 27.0 Å². The summed E-state index contributed by atoms with van der Waals surface area (Å²) in [6, 6.07) is 21.1. The van der Waals surface area contributed by atoms with Gasteiger partial charge in [0.05, 0.1) is 15.5 Å². The van der Waals surface area contributed by atoms with Crippen LogP contribution >= 0.6 is 11.3 Å². The van der Waals surface area contributed by atoms with Gasteiger partial charge in [0.15, 0.2) is 14.8 Å². The summed E-state index contributed by atoms with van der Waals surface area (Å²) in [5.41, 5.74) is 1.92. The molecule has 0 saturated carbocycles. The summed E-state index contributed by atoms with van der Waals surface area (Å²) < 4.78 is 38.1. The first kappa shape index (κ1) is 20.1. The second kappa shape index (κ2) is 7.93. The summed E-state index contributed by atoms with van der Waals surface area (Å²) in [6.45, 7) is 0. The SMILES string of the molecule is CS(=O)(=O)c1ccccc1-c1nc(C(=O)c2ccccc2)sc1-c1ccc(F)cc1. The zero-order valence-corrected chi connectivity index (χ0v) is 17.5. The molecule has 0 aliphatic heterocycles. The normalized spacial score (nSPS) is 11.4. The molecule has 0 atom stereocenters. The van der Waals surface area contributed by atoms with Crippen molar-refractivity contribution in [3.63, 3.8) is 0 Å². The van der Waals surface area contributed by atoms with Gasteiger partial charge in [0.25, 0.3) is 0 Å². The van der Waals surface area contributed by atoms with Crippen LogP contribution in [0.3, 0.4) is 0 Å². The van der Waals surface area contributed by atoms with E-state index in [0.717, 1.165) is 17.6 Å². The van der Waals surface area contributed by atoms with Crippen LogP contribution in [0.15, 0.2) is 83.8 Å². The van der Waals surface area contributed by atoms with E-state index in [9.17, 15) is 17.6 Å². The summed E-state index contributed by atoms with van der Waals surface area (Å²) in [6.07, 6.45) is 1.13. The highest BCUT2D eigenvalue weighted by Gasteiger charge is 2.24. The van der Waals surface area contributed by atoms with Gasteiger partial charge in [-0.05, 0) is 23.8 Å². The third-order valence-corrected chi connectivity index (χ3v) is 6.76. The number of halogens is 1. The Bertz CT molecular complexity index is 1330. The zero-order chi connectivity index (χ0) is 21.3. The molecule has 0 N–H and O–H groups in total. The Hall–Kier alpha value is -3.16. The first-order valence-electron chi connectivity index (χ1n) is 9.00. The minimum Gasteiger partial charge on any atom is -0.286 e. The van der Waals surface area contributed by atoms with Gasteiger partial charge in [0.2, 0.25) is 5.78 Å². The predicted octanol–water partition coefficient (Wildman–Crippen LogP) is 5.25. The average molecular weight is 438 g/mol. The molecule has 150 valence electrons. The third-order valence-electron chi connectivity index (χ3n) is 4.51. The van der Waals surface area contributed by atoms with Gasteiger partial charge in [-0.15, -0.1) is 11.3 Å². The van der Waals surface area contributed by atoms with Crippen molar-refractivity contribution in [2.24, 2.45) is 0 Å². The largest absolute Gasteiger partial charge is 0.286 e. The summed E-state index contributed by atoms with van der Waals surface area (Å²) in [7, 11) is -3.53. The number of rotatable bonds is 5. The van der Waals surface area contributed by atoms with Crippen LogP contribution in [-0.2, 0) is 9.84 Å². The molecule has 4 nitrogen and oxygen atoms in total. The minimum absolute atomic E-state index is 0.123. The Kier molecular flexibility index (Phi) is 5.32. The quantitative estimate of drug-likeness (QED) is 0.400. The Morgan fingerprint density at radius 2 is 1.53 bits per heavy atom. The fourth-order valence-corrected chi connectivity index (χ4v) is 5.03. The van der Waals surface area contributed by atoms with Crippen LogP contribution in [0.1, 0.15) is 15.4 Å². The number of nitrogens with zero attached hydrogens (tertiary/aromatic N) is 1. The zero-order valence-electron chi connectivity index (χ0n) is 15.9. The molecule has 1 heterocycles. The maximum Gasteiger partial charge on any atom is 0.221 e. The van der Waals surface area contributed by atoms with E-state index in [-0.39, 0.29) is 21.5 Å². The number of benzene rings is 3. The monoisotopic (exact) mass is 437 g/mol. The lowest BCUT2D eigenvalue weighted by Crippen LogP contribution is -2.02. The van der Waals surface area contributed by atoms with Gasteiger partial charge in [-0.3, -0.25) is 4.79 Å². The van der Waals surface area contributed by atoms with Crippen LogP contribution in [0, 0.1) is 5.82 Å². The van der Waals surface area contributed by atoms with Crippen LogP contribution in [0.5, 0.6) is 0 Å². The third kappa shape index (κ3) is 3.94. The van der Waals surface area contributed by atoms with Crippen LogP contribution in [0.4, 0.5) is 4.39 Å². The topological polar surface area (TPSA) is 64.1 Å². The number of ketones is 1. The summed E-state index contributed by atoms with van der Waals surface area (Å²) in [5.74, 6) is -0.644. The minimum atomic E-state index is -3.53. The lowest BCUT2D eigenvalue weighted by Gasteiger charge is -2.08. The highest BCUT2D eigenvalue weighted by Crippen LogP contribution is 2.40. The van der Waals surface area contributed by atoms with Crippen molar-refractivity contribution in [2.45, 2.75) is 4.90 Å². The summed E-state index contributed by atoms with van der Waals surface area (Å²) in [5, 5.41) is 0.235. The molecule has 4 rings (SSSR count). The number of thiazole rings is 1. The lowest BCUT2D eigenvalue weighted by molar-refractivity contribution is 0.103. The van der Waals surface area contributed by atoms with E-state index in [0.29, 0.717) is 27.3 Å². The number of carbonyl (C=O) groups is 1. The Morgan fingerprint density at radius 3 is 2.20 bits per heavy atom. The first-order chi connectivity index (χ1) is 14.3. The number of hydrogen-bond donors (Lipinski definition) is 0. The van der Waals surface area contributed by atoms with Gasteiger partial charge in [0, 0.05) is 17.4 Å². The van der Waals surface area contributed by atoms with Crippen molar-refractivity contribution in [1.29, 1.82) is 0 Å². The molecular weight excluding hydrogens is 421 g/mol. The molecule has 0 saturated heterocycles. The molecule has 0 bridgehead atoms. The number of hydrogen-bond acceptors (Lipinski definition) is 5. The van der Waals surface area contributed by atoms with Gasteiger partial charge in [-0.25, -0.2) is 17.8 Å². The average Bonchev–Trinajstić information content (AvgIpc) is 3.19. The fourth-order valence-electron chi connectivity index (χ4n) is 3.10. The summed E-state index contributed by atoms with van der Waals surface area (Å²) >= 11 is 1.16. The van der Waals surface area contributed by atoms with Gasteiger partial charge in [-0.2, -0.15) is 0 Å². The second-order valence-corrected chi connectivity index (χ2v) is 9.65. The van der Waals surface area contributed by atoms with Gasteiger partial charge in [0.1, 0.15) is 5.82 Å². The molecule has 0 radical (unpaired) electrons.